The van der Waals surface area contributed by atoms with Crippen molar-refractivity contribution < 1.29 is 14.3 Å². The second-order valence-electron chi connectivity index (χ2n) is 8.99. The Morgan fingerprint density at radius 3 is 2.42 bits per heavy atom. The molecule has 2 fully saturated rings. The van der Waals surface area contributed by atoms with Crippen molar-refractivity contribution in [1.29, 1.82) is 0 Å². The van der Waals surface area contributed by atoms with E-state index < -0.39 is 5.91 Å². The minimum atomic E-state index is -0.763. The molecule has 0 aliphatic carbocycles. The van der Waals surface area contributed by atoms with Crippen molar-refractivity contribution in [2.75, 3.05) is 56.2 Å². The van der Waals surface area contributed by atoms with Gasteiger partial charge in [0.1, 0.15) is 5.82 Å². The third kappa shape index (κ3) is 5.09. The summed E-state index contributed by atoms with van der Waals surface area (Å²) in [5.74, 6) is 0.121. The van der Waals surface area contributed by atoms with Crippen LogP contribution in [0, 0.1) is 0 Å². The van der Waals surface area contributed by atoms with Crippen LogP contribution in [0.3, 0.4) is 0 Å². The number of aromatic nitrogens is 3. The van der Waals surface area contributed by atoms with Gasteiger partial charge in [-0.1, -0.05) is 18.5 Å². The van der Waals surface area contributed by atoms with Crippen molar-refractivity contribution >= 4 is 40.9 Å². The average Bonchev–Trinajstić information content (AvgIpc) is 2.88. The summed E-state index contributed by atoms with van der Waals surface area (Å²) in [7, 11) is 1.51. The van der Waals surface area contributed by atoms with E-state index in [2.05, 4.69) is 31.7 Å². The van der Waals surface area contributed by atoms with E-state index in [0.717, 1.165) is 25.8 Å². The van der Waals surface area contributed by atoms with E-state index in [0.29, 0.717) is 49.5 Å². The maximum absolute atomic E-state index is 13.0. The number of carbonyl (C=O) groups excluding carboxylic acids is 2. The average molecular weight is 518 g/mol. The van der Waals surface area contributed by atoms with Gasteiger partial charge < -0.3 is 31.7 Å². The highest BCUT2D eigenvalue weighted by molar-refractivity contribution is 6.32. The smallest absolute Gasteiger partial charge is 0.271 e. The van der Waals surface area contributed by atoms with E-state index in [1.807, 2.05) is 4.90 Å². The van der Waals surface area contributed by atoms with E-state index in [-0.39, 0.29) is 34.4 Å². The van der Waals surface area contributed by atoms with Crippen LogP contribution in [0.2, 0.25) is 5.15 Å². The first-order chi connectivity index (χ1) is 17.2. The number of anilines is 3. The van der Waals surface area contributed by atoms with Gasteiger partial charge in [-0.25, -0.2) is 9.97 Å². The molecule has 2 aromatic rings. The number of hydrogen-bond donors (Lipinski definition) is 3. The van der Waals surface area contributed by atoms with Crippen LogP contribution in [-0.2, 0) is 0 Å². The van der Waals surface area contributed by atoms with Crippen LogP contribution in [0.4, 0.5) is 17.5 Å². The Morgan fingerprint density at radius 2 is 1.81 bits per heavy atom. The van der Waals surface area contributed by atoms with E-state index in [1.165, 1.54) is 7.11 Å². The molecule has 0 unspecified atom stereocenters. The highest BCUT2D eigenvalue weighted by Gasteiger charge is 2.35. The largest absolute Gasteiger partial charge is 0.481 e. The van der Waals surface area contributed by atoms with E-state index in [4.69, 9.17) is 33.5 Å². The molecular weight excluding hydrogens is 486 g/mol. The topological polar surface area (TPSA) is 170 Å². The molecule has 0 aromatic carbocycles. The Balaban J connectivity index is 1.39. The fraction of sp³-hybridized carbons (Fsp3) is 0.522. The lowest BCUT2D eigenvalue weighted by molar-refractivity contribution is 0.0491. The number of primary amides is 1. The van der Waals surface area contributed by atoms with Crippen LogP contribution in [0.25, 0.3) is 0 Å². The number of amides is 2. The molecule has 36 heavy (non-hydrogen) atoms. The number of carbonyl (C=O) groups is 2. The van der Waals surface area contributed by atoms with Crippen molar-refractivity contribution in [2.45, 2.75) is 38.3 Å². The normalized spacial score (nSPS) is 19.4. The lowest BCUT2D eigenvalue weighted by atomic mass is 9.97. The Morgan fingerprint density at radius 1 is 1.08 bits per heavy atom. The van der Waals surface area contributed by atoms with Crippen LogP contribution in [-0.4, -0.2) is 88.5 Å². The molecule has 0 radical (unpaired) electrons. The Labute approximate surface area is 214 Å². The molecule has 12 nitrogen and oxygen atoms in total. The summed E-state index contributed by atoms with van der Waals surface area (Å²) < 4.78 is 5.08. The van der Waals surface area contributed by atoms with E-state index >= 15 is 0 Å². The lowest BCUT2D eigenvalue weighted by Gasteiger charge is -2.47. The van der Waals surface area contributed by atoms with E-state index in [1.54, 1.807) is 12.1 Å². The third-order valence-electron chi connectivity index (χ3n) is 6.96. The first-order valence-corrected chi connectivity index (χ1v) is 12.3. The predicted octanol–water partition coefficient (Wildman–Crippen LogP) is 1.00. The fourth-order valence-electron chi connectivity index (χ4n) is 5.03. The first-order valence-electron chi connectivity index (χ1n) is 12.0. The summed E-state index contributed by atoms with van der Waals surface area (Å²) >= 11 is 6.33. The van der Waals surface area contributed by atoms with Gasteiger partial charge in [0.25, 0.3) is 11.8 Å². The SMILES string of the molecule is CC[C@H]1CN(c2nc(N)c(C(N)=O)nc2Cl)CCN1C1CCN(C(=O)c2ccc(OC)nc2N)CC1. The minimum Gasteiger partial charge on any atom is -0.481 e. The molecule has 6 N–H and O–H groups in total. The number of nitrogens with two attached hydrogens (primary N) is 3. The van der Waals surface area contributed by atoms with Crippen LogP contribution in [0.5, 0.6) is 5.88 Å². The molecule has 0 bridgehead atoms. The van der Waals surface area contributed by atoms with Crippen LogP contribution >= 0.6 is 11.6 Å². The summed E-state index contributed by atoms with van der Waals surface area (Å²) in [6.45, 7) is 5.64. The van der Waals surface area contributed by atoms with Crippen LogP contribution in [0.1, 0.15) is 47.0 Å². The van der Waals surface area contributed by atoms with E-state index in [9.17, 15) is 9.59 Å². The minimum absolute atomic E-state index is 0.0258. The van der Waals surface area contributed by atoms with Gasteiger partial charge in [0.15, 0.2) is 22.5 Å². The summed E-state index contributed by atoms with van der Waals surface area (Å²) in [6, 6.07) is 3.94. The number of halogens is 1. The summed E-state index contributed by atoms with van der Waals surface area (Å²) in [5, 5.41) is 0.111. The third-order valence-corrected chi connectivity index (χ3v) is 7.21. The van der Waals surface area contributed by atoms with Gasteiger partial charge in [-0.15, -0.1) is 0 Å². The number of methoxy groups -OCH3 is 1. The molecular formula is C23H32ClN9O3. The highest BCUT2D eigenvalue weighted by atomic mass is 35.5. The predicted molar refractivity (Wildman–Crippen MR) is 137 cm³/mol. The molecule has 194 valence electrons. The highest BCUT2D eigenvalue weighted by Crippen LogP contribution is 2.30. The van der Waals surface area contributed by atoms with Gasteiger partial charge in [0.05, 0.1) is 12.7 Å². The number of hydrogen-bond acceptors (Lipinski definition) is 10. The Bertz CT molecular complexity index is 1140. The number of nitrogens with zero attached hydrogens (tertiary/aromatic N) is 6. The van der Waals surface area contributed by atoms with Gasteiger partial charge in [-0.2, -0.15) is 4.98 Å². The standard InChI is InChI=1S/C23H32ClN9O3/c1-3-13-12-32(22-18(24)29-17(21(27)34)20(26)30-22)10-11-33(13)14-6-8-31(9-7-14)23(35)15-4-5-16(36-2)28-19(15)25/h4-5,13-14H,3,6-12H2,1-2H3,(H2,25,28)(H2,26,30)(H2,27,34)/t13-/m0/s1. The van der Waals surface area contributed by atoms with Crippen LogP contribution in [0.15, 0.2) is 12.1 Å². The van der Waals surface area contributed by atoms with Gasteiger partial charge in [0, 0.05) is 50.9 Å². The molecule has 2 saturated heterocycles. The van der Waals surface area contributed by atoms with Gasteiger partial charge in [-0.05, 0) is 25.3 Å². The van der Waals surface area contributed by atoms with Crippen molar-refractivity contribution in [2.24, 2.45) is 5.73 Å². The molecule has 2 aliphatic rings. The fourth-order valence-corrected chi connectivity index (χ4v) is 5.28. The molecule has 1 atom stereocenters. The maximum atomic E-state index is 13.0. The zero-order valence-corrected chi connectivity index (χ0v) is 21.2. The second-order valence-corrected chi connectivity index (χ2v) is 9.35. The second kappa shape index (κ2) is 10.7. The van der Waals surface area contributed by atoms with Gasteiger partial charge >= 0.3 is 0 Å². The number of pyridine rings is 1. The number of nitrogen functional groups attached to an aromatic ring is 2. The summed E-state index contributed by atoms with van der Waals surface area (Å²) in [4.78, 5) is 43.4. The van der Waals surface area contributed by atoms with Crippen molar-refractivity contribution in [3.8, 4) is 5.88 Å². The van der Waals surface area contributed by atoms with Crippen molar-refractivity contribution in [3.05, 3.63) is 28.5 Å². The first kappa shape index (κ1) is 25.7. The molecule has 4 rings (SSSR count). The Hall–Kier alpha value is -3.38. The zero-order valence-electron chi connectivity index (χ0n) is 20.5. The zero-order chi connectivity index (χ0) is 26.0. The molecule has 2 aromatic heterocycles. The monoisotopic (exact) mass is 517 g/mol. The maximum Gasteiger partial charge on any atom is 0.271 e. The molecule has 2 aliphatic heterocycles. The van der Waals surface area contributed by atoms with Gasteiger partial charge in [0.2, 0.25) is 5.88 Å². The molecule has 13 heteroatoms. The summed E-state index contributed by atoms with van der Waals surface area (Å²) in [5.41, 5.74) is 17.5. The number of ether oxygens (including phenoxy) is 1. The summed E-state index contributed by atoms with van der Waals surface area (Å²) in [6.07, 6.45) is 2.67. The molecule has 4 heterocycles. The number of likely N-dealkylation sites (tertiary alicyclic amines) is 1. The van der Waals surface area contributed by atoms with Crippen molar-refractivity contribution in [3.63, 3.8) is 0 Å². The molecule has 0 spiro atoms. The lowest BCUT2D eigenvalue weighted by Crippen LogP contribution is -2.58. The number of rotatable bonds is 6. The number of piperidine rings is 1. The molecule has 0 saturated carbocycles. The number of piperazine rings is 1. The Kier molecular flexibility index (Phi) is 7.65. The quantitative estimate of drug-likeness (QED) is 0.502. The van der Waals surface area contributed by atoms with Crippen molar-refractivity contribution in [1.82, 2.24) is 24.8 Å². The van der Waals surface area contributed by atoms with Gasteiger partial charge in [-0.3, -0.25) is 14.5 Å². The van der Waals surface area contributed by atoms with Crippen LogP contribution < -0.4 is 26.8 Å². The molecule has 2 amide bonds.